The Morgan fingerprint density at radius 3 is 2.53 bits per heavy atom. The van der Waals surface area contributed by atoms with E-state index in [4.69, 9.17) is 10.00 Å². The molecular weight excluding hydrogens is 240 g/mol. The van der Waals surface area contributed by atoms with E-state index in [1.165, 1.54) is 0 Å². The van der Waals surface area contributed by atoms with Crippen molar-refractivity contribution in [2.24, 2.45) is 4.99 Å². The molecule has 0 N–H and O–H groups in total. The highest BCUT2D eigenvalue weighted by Gasteiger charge is 2.08. The SMILES string of the molecule is CCCC(CC(=O)OCC)=Nc1ccc(C#N)cc1. The maximum absolute atomic E-state index is 11.5. The van der Waals surface area contributed by atoms with Gasteiger partial charge in [-0.2, -0.15) is 5.26 Å². The van der Waals surface area contributed by atoms with Gasteiger partial charge in [-0.3, -0.25) is 9.79 Å². The van der Waals surface area contributed by atoms with Gasteiger partial charge in [0.15, 0.2) is 0 Å². The molecule has 0 amide bonds. The summed E-state index contributed by atoms with van der Waals surface area (Å²) in [6.07, 6.45) is 1.91. The summed E-state index contributed by atoms with van der Waals surface area (Å²) in [5.74, 6) is -0.247. The van der Waals surface area contributed by atoms with Gasteiger partial charge in [0.2, 0.25) is 0 Å². The van der Waals surface area contributed by atoms with E-state index in [2.05, 4.69) is 11.1 Å². The van der Waals surface area contributed by atoms with Crippen LogP contribution < -0.4 is 0 Å². The van der Waals surface area contributed by atoms with Gasteiger partial charge < -0.3 is 4.74 Å². The van der Waals surface area contributed by atoms with E-state index in [1.54, 1.807) is 31.2 Å². The minimum absolute atomic E-state index is 0.224. The molecule has 1 aromatic carbocycles. The Morgan fingerprint density at radius 2 is 2.00 bits per heavy atom. The summed E-state index contributed by atoms with van der Waals surface area (Å²) in [6, 6.07) is 9.04. The first-order valence-electron chi connectivity index (χ1n) is 6.41. The van der Waals surface area contributed by atoms with Gasteiger partial charge >= 0.3 is 5.97 Å². The Hall–Kier alpha value is -2.15. The van der Waals surface area contributed by atoms with Crippen LogP contribution in [0.1, 0.15) is 38.7 Å². The fraction of sp³-hybridized carbons (Fsp3) is 0.400. The number of aliphatic imine (C=N–C) groups is 1. The molecule has 0 aliphatic heterocycles. The lowest BCUT2D eigenvalue weighted by Crippen LogP contribution is -2.11. The summed E-state index contributed by atoms with van der Waals surface area (Å²) >= 11 is 0. The van der Waals surface area contributed by atoms with E-state index in [-0.39, 0.29) is 12.4 Å². The number of nitrogens with zero attached hydrogens (tertiary/aromatic N) is 2. The molecule has 100 valence electrons. The quantitative estimate of drug-likeness (QED) is 0.580. The predicted molar refractivity (Wildman–Crippen MR) is 74.4 cm³/mol. The van der Waals surface area contributed by atoms with Crippen LogP contribution in [0.4, 0.5) is 5.69 Å². The third-order valence-electron chi connectivity index (χ3n) is 2.48. The molecule has 0 unspecified atom stereocenters. The van der Waals surface area contributed by atoms with Crippen molar-refractivity contribution in [2.45, 2.75) is 33.1 Å². The number of ether oxygens (including phenoxy) is 1. The highest BCUT2D eigenvalue weighted by Crippen LogP contribution is 2.15. The summed E-state index contributed by atoms with van der Waals surface area (Å²) in [7, 11) is 0. The molecule has 0 aliphatic carbocycles. The van der Waals surface area contributed by atoms with Crippen molar-refractivity contribution in [1.29, 1.82) is 5.26 Å². The molecule has 1 aromatic rings. The van der Waals surface area contributed by atoms with Crippen LogP contribution in [0.25, 0.3) is 0 Å². The standard InChI is InChI=1S/C15H18N2O2/c1-3-5-14(10-15(18)19-4-2)17-13-8-6-12(11-16)7-9-13/h6-9H,3-5,10H2,1-2H3. The van der Waals surface area contributed by atoms with E-state index in [9.17, 15) is 4.79 Å². The maximum Gasteiger partial charge on any atom is 0.311 e. The monoisotopic (exact) mass is 258 g/mol. The normalized spacial score (nSPS) is 10.9. The number of nitriles is 1. The van der Waals surface area contributed by atoms with Crippen LogP contribution in [-0.4, -0.2) is 18.3 Å². The van der Waals surface area contributed by atoms with Crippen LogP contribution in [0, 0.1) is 11.3 Å². The minimum atomic E-state index is -0.247. The highest BCUT2D eigenvalue weighted by molar-refractivity contribution is 6.00. The van der Waals surface area contributed by atoms with Crippen LogP contribution >= 0.6 is 0 Å². The fourth-order valence-electron chi connectivity index (χ4n) is 1.64. The third-order valence-corrected chi connectivity index (χ3v) is 2.48. The van der Waals surface area contributed by atoms with Gasteiger partial charge in [-0.05, 0) is 37.6 Å². The van der Waals surface area contributed by atoms with Crippen LogP contribution in [-0.2, 0) is 9.53 Å². The van der Waals surface area contributed by atoms with Crippen molar-refractivity contribution in [3.05, 3.63) is 29.8 Å². The van der Waals surface area contributed by atoms with E-state index in [0.29, 0.717) is 12.2 Å². The second-order valence-electron chi connectivity index (χ2n) is 4.07. The second kappa shape index (κ2) is 8.04. The molecular formula is C15H18N2O2. The summed E-state index contributed by atoms with van der Waals surface area (Å²) in [6.45, 7) is 4.21. The third kappa shape index (κ3) is 5.35. The molecule has 0 bridgehead atoms. The van der Waals surface area contributed by atoms with Gasteiger partial charge in [0.05, 0.1) is 30.3 Å². The van der Waals surface area contributed by atoms with Gasteiger partial charge in [-0.1, -0.05) is 13.3 Å². The molecule has 0 aliphatic rings. The molecule has 0 spiro atoms. The zero-order valence-corrected chi connectivity index (χ0v) is 11.3. The number of esters is 1. The first-order chi connectivity index (χ1) is 9.19. The minimum Gasteiger partial charge on any atom is -0.466 e. The lowest BCUT2D eigenvalue weighted by molar-refractivity contribution is -0.141. The van der Waals surface area contributed by atoms with Crippen molar-refractivity contribution < 1.29 is 9.53 Å². The molecule has 4 nitrogen and oxygen atoms in total. The lowest BCUT2D eigenvalue weighted by atomic mass is 10.1. The van der Waals surface area contributed by atoms with Crippen molar-refractivity contribution in [2.75, 3.05) is 6.61 Å². The zero-order valence-electron chi connectivity index (χ0n) is 11.3. The number of carbonyl (C=O) groups excluding carboxylic acids is 1. The number of hydrogen-bond donors (Lipinski definition) is 0. The van der Waals surface area contributed by atoms with Crippen molar-refractivity contribution in [3.8, 4) is 6.07 Å². The molecule has 1 rings (SSSR count). The number of hydrogen-bond acceptors (Lipinski definition) is 4. The Morgan fingerprint density at radius 1 is 1.32 bits per heavy atom. The molecule has 0 heterocycles. The van der Waals surface area contributed by atoms with E-state index >= 15 is 0 Å². The second-order valence-corrected chi connectivity index (χ2v) is 4.07. The molecule has 19 heavy (non-hydrogen) atoms. The molecule has 0 atom stereocenters. The van der Waals surface area contributed by atoms with E-state index in [0.717, 1.165) is 24.2 Å². The first-order valence-corrected chi connectivity index (χ1v) is 6.41. The number of rotatable bonds is 6. The summed E-state index contributed by atoms with van der Waals surface area (Å²) in [4.78, 5) is 15.9. The summed E-state index contributed by atoms with van der Waals surface area (Å²) in [5.41, 5.74) is 2.17. The zero-order chi connectivity index (χ0) is 14.1. The van der Waals surface area contributed by atoms with Gasteiger partial charge in [0.1, 0.15) is 0 Å². The average molecular weight is 258 g/mol. The Labute approximate surface area is 113 Å². The number of carbonyl (C=O) groups is 1. The topological polar surface area (TPSA) is 62.4 Å². The summed E-state index contributed by atoms with van der Waals surface area (Å²) in [5, 5.41) is 8.73. The lowest BCUT2D eigenvalue weighted by Gasteiger charge is -2.05. The van der Waals surface area contributed by atoms with Crippen molar-refractivity contribution in [3.63, 3.8) is 0 Å². The van der Waals surface area contributed by atoms with Crippen LogP contribution in [0.15, 0.2) is 29.3 Å². The van der Waals surface area contributed by atoms with Gasteiger partial charge in [0, 0.05) is 5.71 Å². The smallest absolute Gasteiger partial charge is 0.311 e. The van der Waals surface area contributed by atoms with E-state index in [1.807, 2.05) is 6.92 Å². The van der Waals surface area contributed by atoms with Crippen molar-refractivity contribution >= 4 is 17.4 Å². The Balaban J connectivity index is 2.81. The molecule has 0 radical (unpaired) electrons. The van der Waals surface area contributed by atoms with Gasteiger partial charge in [-0.15, -0.1) is 0 Å². The average Bonchev–Trinajstić information content (AvgIpc) is 2.40. The largest absolute Gasteiger partial charge is 0.466 e. The van der Waals surface area contributed by atoms with Crippen molar-refractivity contribution in [1.82, 2.24) is 0 Å². The Kier molecular flexibility index (Phi) is 6.31. The molecule has 0 aromatic heterocycles. The van der Waals surface area contributed by atoms with Gasteiger partial charge in [0.25, 0.3) is 0 Å². The van der Waals surface area contributed by atoms with Crippen LogP contribution in [0.2, 0.25) is 0 Å². The van der Waals surface area contributed by atoms with E-state index < -0.39 is 0 Å². The molecule has 4 heteroatoms. The highest BCUT2D eigenvalue weighted by atomic mass is 16.5. The first kappa shape index (κ1) is 14.9. The molecule has 0 saturated carbocycles. The predicted octanol–water partition coefficient (Wildman–Crippen LogP) is 3.38. The van der Waals surface area contributed by atoms with Crippen LogP contribution in [0.3, 0.4) is 0 Å². The Bertz CT molecular complexity index is 484. The number of benzene rings is 1. The molecule has 0 fully saturated rings. The summed E-state index contributed by atoms with van der Waals surface area (Å²) < 4.78 is 4.93. The van der Waals surface area contributed by atoms with Gasteiger partial charge in [-0.25, -0.2) is 0 Å². The van der Waals surface area contributed by atoms with Crippen LogP contribution in [0.5, 0.6) is 0 Å². The maximum atomic E-state index is 11.5. The fourth-order valence-corrected chi connectivity index (χ4v) is 1.64. The molecule has 0 saturated heterocycles.